The van der Waals surface area contributed by atoms with Crippen molar-refractivity contribution in [2.75, 3.05) is 5.32 Å². The van der Waals surface area contributed by atoms with Crippen molar-refractivity contribution in [2.24, 2.45) is 0 Å². The number of hydrogen-bond acceptors (Lipinski definition) is 5. The van der Waals surface area contributed by atoms with E-state index in [0.29, 0.717) is 5.69 Å². The molecule has 2 fully saturated rings. The third-order valence-electron chi connectivity index (χ3n) is 6.76. The van der Waals surface area contributed by atoms with Gasteiger partial charge >= 0.3 is 11.8 Å². The van der Waals surface area contributed by atoms with Gasteiger partial charge in [-0.3, -0.25) is 19.7 Å². The van der Waals surface area contributed by atoms with Crippen LogP contribution in [0.5, 0.6) is 0 Å². The van der Waals surface area contributed by atoms with Gasteiger partial charge in [0.15, 0.2) is 5.65 Å². The zero-order valence-electron chi connectivity index (χ0n) is 17.9. The lowest BCUT2D eigenvalue weighted by Crippen LogP contribution is -2.42. The number of benzene rings is 1. The first-order valence-electron chi connectivity index (χ1n) is 11.1. The molecule has 0 radical (unpaired) electrons. The number of nitrogens with zero attached hydrogens (tertiary/aromatic N) is 4. The summed E-state index contributed by atoms with van der Waals surface area (Å²) in [6.45, 7) is 0. The standard InChI is InChI=1S/C25H22N6O2/c32-24(25(33)31-19-5-6-20(31)8-7-19)29-18-3-1-15(2-4-18)16-11-17(13-26-12-16)21-9-10-27-23-22(21)14-28-30-23/h1-4,9-14,19-20H,5-8H2,(H,29,32)(H,27,28,30). The fraction of sp³-hybridized carbons (Fsp3) is 0.240. The van der Waals surface area contributed by atoms with Crippen molar-refractivity contribution in [3.8, 4) is 22.3 Å². The van der Waals surface area contributed by atoms with Crippen molar-refractivity contribution in [3.63, 3.8) is 0 Å². The molecule has 2 saturated heterocycles. The molecule has 2 aliphatic rings. The lowest BCUT2D eigenvalue weighted by Gasteiger charge is -2.21. The van der Waals surface area contributed by atoms with E-state index in [1.807, 2.05) is 36.5 Å². The van der Waals surface area contributed by atoms with E-state index in [1.54, 1.807) is 23.5 Å². The Morgan fingerprint density at radius 1 is 0.909 bits per heavy atom. The van der Waals surface area contributed by atoms with E-state index in [4.69, 9.17) is 0 Å². The summed E-state index contributed by atoms with van der Waals surface area (Å²) in [6, 6.07) is 11.9. The largest absolute Gasteiger partial charge is 0.328 e. The summed E-state index contributed by atoms with van der Waals surface area (Å²) >= 11 is 0. The van der Waals surface area contributed by atoms with Crippen LogP contribution in [0.15, 0.2) is 61.2 Å². The second kappa shape index (κ2) is 7.81. The van der Waals surface area contributed by atoms with E-state index >= 15 is 0 Å². The molecule has 0 saturated carbocycles. The van der Waals surface area contributed by atoms with Crippen molar-refractivity contribution >= 4 is 28.5 Å². The van der Waals surface area contributed by atoms with Gasteiger partial charge in [-0.05, 0) is 61.1 Å². The molecule has 164 valence electrons. The molecule has 1 aromatic carbocycles. The highest BCUT2D eigenvalue weighted by molar-refractivity contribution is 6.39. The van der Waals surface area contributed by atoms with Crippen LogP contribution in [0.1, 0.15) is 25.7 Å². The fourth-order valence-electron chi connectivity index (χ4n) is 5.14. The van der Waals surface area contributed by atoms with E-state index < -0.39 is 11.8 Å². The van der Waals surface area contributed by atoms with Crippen molar-refractivity contribution in [1.82, 2.24) is 25.1 Å². The first-order valence-corrected chi connectivity index (χ1v) is 11.1. The lowest BCUT2D eigenvalue weighted by molar-refractivity contribution is -0.144. The Labute approximate surface area is 190 Å². The van der Waals surface area contributed by atoms with Crippen LogP contribution in [0.25, 0.3) is 33.3 Å². The van der Waals surface area contributed by atoms with Crippen molar-refractivity contribution in [1.29, 1.82) is 0 Å². The number of anilines is 1. The number of amides is 2. The van der Waals surface area contributed by atoms with E-state index in [0.717, 1.165) is 59.0 Å². The average molecular weight is 438 g/mol. The minimum absolute atomic E-state index is 0.235. The molecule has 8 heteroatoms. The number of H-pyrrole nitrogens is 1. The van der Waals surface area contributed by atoms with Crippen LogP contribution in [0.3, 0.4) is 0 Å². The van der Waals surface area contributed by atoms with Gasteiger partial charge in [0.05, 0.1) is 6.20 Å². The number of hydrogen-bond donors (Lipinski definition) is 2. The Kier molecular flexibility index (Phi) is 4.64. The molecule has 0 spiro atoms. The third kappa shape index (κ3) is 3.44. The Bertz CT molecular complexity index is 1340. The maximum absolute atomic E-state index is 12.6. The highest BCUT2D eigenvalue weighted by Gasteiger charge is 2.44. The Balaban J connectivity index is 1.20. The topological polar surface area (TPSA) is 104 Å². The molecular weight excluding hydrogens is 416 g/mol. The quantitative estimate of drug-likeness (QED) is 0.474. The van der Waals surface area contributed by atoms with Gasteiger partial charge in [-0.15, -0.1) is 0 Å². The molecule has 6 rings (SSSR count). The predicted molar refractivity (Wildman–Crippen MR) is 124 cm³/mol. The maximum Gasteiger partial charge on any atom is 0.313 e. The highest BCUT2D eigenvalue weighted by Crippen LogP contribution is 2.37. The molecule has 3 aromatic heterocycles. The summed E-state index contributed by atoms with van der Waals surface area (Å²) < 4.78 is 0. The first-order chi connectivity index (χ1) is 16.2. The van der Waals surface area contributed by atoms with Crippen LogP contribution >= 0.6 is 0 Å². The van der Waals surface area contributed by atoms with Crippen LogP contribution in [-0.4, -0.2) is 49.0 Å². The molecule has 0 unspecified atom stereocenters. The molecule has 4 aromatic rings. The predicted octanol–water partition coefficient (Wildman–Crippen LogP) is 3.78. The van der Waals surface area contributed by atoms with Crippen LogP contribution in [0.4, 0.5) is 5.69 Å². The second-order valence-corrected chi connectivity index (χ2v) is 8.66. The summed E-state index contributed by atoms with van der Waals surface area (Å²) in [4.78, 5) is 35.7. The average Bonchev–Trinajstić information content (AvgIpc) is 3.60. The first kappa shape index (κ1) is 19.6. The molecular formula is C25H22N6O2. The van der Waals surface area contributed by atoms with Crippen molar-refractivity contribution < 1.29 is 9.59 Å². The third-order valence-corrected chi connectivity index (χ3v) is 6.76. The molecule has 2 N–H and O–H groups in total. The minimum Gasteiger partial charge on any atom is -0.328 e. The van der Waals surface area contributed by atoms with Gasteiger partial charge in [0, 0.05) is 52.9 Å². The summed E-state index contributed by atoms with van der Waals surface area (Å²) in [5, 5.41) is 10.7. The minimum atomic E-state index is -0.563. The SMILES string of the molecule is O=C(Nc1ccc(-c2cncc(-c3ccnc4[nH]ncc34)c2)cc1)C(=O)N1C2CCC1CC2. The van der Waals surface area contributed by atoms with Gasteiger partial charge in [-0.2, -0.15) is 5.10 Å². The number of rotatable bonds is 3. The zero-order valence-corrected chi connectivity index (χ0v) is 17.9. The molecule has 0 aliphatic carbocycles. The summed E-state index contributed by atoms with van der Waals surface area (Å²) in [6.07, 6.45) is 11.2. The zero-order chi connectivity index (χ0) is 22.4. The Hall–Kier alpha value is -4.07. The number of fused-ring (bicyclic) bond motifs is 3. The van der Waals surface area contributed by atoms with Crippen molar-refractivity contribution in [2.45, 2.75) is 37.8 Å². The van der Waals surface area contributed by atoms with Gasteiger partial charge in [-0.25, -0.2) is 4.98 Å². The Morgan fingerprint density at radius 2 is 1.64 bits per heavy atom. The van der Waals surface area contributed by atoms with Crippen LogP contribution < -0.4 is 5.32 Å². The molecule has 0 atom stereocenters. The summed E-state index contributed by atoms with van der Waals surface area (Å²) in [5.74, 6) is -0.976. The van der Waals surface area contributed by atoms with Crippen LogP contribution in [0.2, 0.25) is 0 Å². The molecule has 2 bridgehead atoms. The van der Waals surface area contributed by atoms with Gasteiger partial charge < -0.3 is 10.2 Å². The highest BCUT2D eigenvalue weighted by atomic mass is 16.2. The number of carbonyl (C=O) groups excluding carboxylic acids is 2. The molecule has 5 heterocycles. The van der Waals surface area contributed by atoms with E-state index in [9.17, 15) is 9.59 Å². The van der Waals surface area contributed by atoms with Crippen LogP contribution in [-0.2, 0) is 9.59 Å². The smallest absolute Gasteiger partial charge is 0.313 e. The second-order valence-electron chi connectivity index (χ2n) is 8.66. The Morgan fingerprint density at radius 3 is 2.39 bits per heavy atom. The van der Waals surface area contributed by atoms with E-state index in [2.05, 4.69) is 31.5 Å². The monoisotopic (exact) mass is 438 g/mol. The number of aromatic nitrogens is 4. The number of aromatic amines is 1. The molecule has 33 heavy (non-hydrogen) atoms. The van der Waals surface area contributed by atoms with Gasteiger partial charge in [-0.1, -0.05) is 12.1 Å². The summed E-state index contributed by atoms with van der Waals surface area (Å²) in [5.41, 5.74) is 5.20. The van der Waals surface area contributed by atoms with Gasteiger partial charge in [0.25, 0.3) is 0 Å². The van der Waals surface area contributed by atoms with E-state index in [1.165, 1.54) is 0 Å². The normalized spacial score (nSPS) is 19.2. The number of pyridine rings is 2. The number of carbonyl (C=O) groups is 2. The fourth-order valence-corrected chi connectivity index (χ4v) is 5.14. The van der Waals surface area contributed by atoms with Crippen LogP contribution in [0, 0.1) is 0 Å². The van der Waals surface area contributed by atoms with Gasteiger partial charge in [0.2, 0.25) is 0 Å². The molecule has 2 amide bonds. The molecule has 2 aliphatic heterocycles. The van der Waals surface area contributed by atoms with Gasteiger partial charge in [0.1, 0.15) is 0 Å². The lowest BCUT2D eigenvalue weighted by atomic mass is 10.0. The number of nitrogens with one attached hydrogen (secondary N) is 2. The van der Waals surface area contributed by atoms with Crippen molar-refractivity contribution in [3.05, 3.63) is 61.2 Å². The maximum atomic E-state index is 12.6. The summed E-state index contributed by atoms with van der Waals surface area (Å²) in [7, 11) is 0. The van der Waals surface area contributed by atoms with E-state index in [-0.39, 0.29) is 12.1 Å². The molecule has 8 nitrogen and oxygen atoms in total.